The molecule has 0 unspecified atom stereocenters. The second kappa shape index (κ2) is 9.82. The van der Waals surface area contributed by atoms with E-state index in [1.165, 1.54) is 0 Å². The standard InChI is InChI=1S/C19H27BrN2O2/c1-2-3-6-13-21-18(23)14-9-11-15(12-10-14)19(24)22-17-8-5-4-7-16(17)20/h4-5,7-8,14-15H,2-3,6,9-13H2,1H3,(H,21,23)(H,22,24). The second-order valence-electron chi connectivity index (χ2n) is 6.52. The van der Waals surface area contributed by atoms with E-state index in [2.05, 4.69) is 33.5 Å². The van der Waals surface area contributed by atoms with E-state index in [4.69, 9.17) is 0 Å². The minimum Gasteiger partial charge on any atom is -0.356 e. The number of unbranched alkanes of at least 4 members (excludes halogenated alkanes) is 2. The summed E-state index contributed by atoms with van der Waals surface area (Å²) in [4.78, 5) is 24.6. The lowest BCUT2D eigenvalue weighted by Crippen LogP contribution is -2.35. The van der Waals surface area contributed by atoms with E-state index in [9.17, 15) is 9.59 Å². The van der Waals surface area contributed by atoms with Crippen LogP contribution in [0.5, 0.6) is 0 Å². The molecule has 1 saturated carbocycles. The van der Waals surface area contributed by atoms with Crippen molar-refractivity contribution in [3.8, 4) is 0 Å². The highest BCUT2D eigenvalue weighted by molar-refractivity contribution is 9.10. The molecular weight excluding hydrogens is 368 g/mol. The maximum absolute atomic E-state index is 12.4. The number of amides is 2. The predicted octanol–water partition coefficient (Wildman–Crippen LogP) is 4.50. The minimum atomic E-state index is 0.00116. The van der Waals surface area contributed by atoms with Crippen molar-refractivity contribution in [2.75, 3.05) is 11.9 Å². The summed E-state index contributed by atoms with van der Waals surface area (Å²) in [6.07, 6.45) is 6.52. The molecule has 0 aromatic heterocycles. The molecule has 0 saturated heterocycles. The number of benzene rings is 1. The van der Waals surface area contributed by atoms with Crippen LogP contribution in [0.2, 0.25) is 0 Å². The van der Waals surface area contributed by atoms with Crippen LogP contribution in [-0.2, 0) is 9.59 Å². The summed E-state index contributed by atoms with van der Waals surface area (Å²) >= 11 is 3.44. The Hall–Kier alpha value is -1.36. The van der Waals surface area contributed by atoms with E-state index in [-0.39, 0.29) is 23.7 Å². The summed E-state index contributed by atoms with van der Waals surface area (Å²) in [6.45, 7) is 2.93. The van der Waals surface area contributed by atoms with E-state index in [1.54, 1.807) is 0 Å². The van der Waals surface area contributed by atoms with Crippen LogP contribution in [0.25, 0.3) is 0 Å². The smallest absolute Gasteiger partial charge is 0.227 e. The van der Waals surface area contributed by atoms with Gasteiger partial charge < -0.3 is 10.6 Å². The zero-order valence-corrected chi connectivity index (χ0v) is 15.9. The number of carbonyl (C=O) groups is 2. The molecule has 1 aliphatic rings. The summed E-state index contributed by atoms with van der Waals surface area (Å²) in [7, 11) is 0. The number of hydrogen-bond donors (Lipinski definition) is 2. The van der Waals surface area contributed by atoms with Crippen LogP contribution in [0.1, 0.15) is 51.9 Å². The van der Waals surface area contributed by atoms with Crippen LogP contribution < -0.4 is 10.6 Å². The fourth-order valence-corrected chi connectivity index (χ4v) is 3.53. The van der Waals surface area contributed by atoms with Crippen LogP contribution in [0.4, 0.5) is 5.69 Å². The van der Waals surface area contributed by atoms with Gasteiger partial charge in [0.05, 0.1) is 5.69 Å². The van der Waals surface area contributed by atoms with E-state index >= 15 is 0 Å². The SMILES string of the molecule is CCCCCNC(=O)C1CCC(C(=O)Nc2ccccc2Br)CC1. The van der Waals surface area contributed by atoms with E-state index < -0.39 is 0 Å². The molecule has 0 radical (unpaired) electrons. The molecule has 0 spiro atoms. The third kappa shape index (κ3) is 5.62. The Morgan fingerprint density at radius 3 is 2.29 bits per heavy atom. The van der Waals surface area contributed by atoms with Crippen molar-refractivity contribution < 1.29 is 9.59 Å². The largest absolute Gasteiger partial charge is 0.356 e. The van der Waals surface area contributed by atoms with Crippen molar-refractivity contribution in [3.05, 3.63) is 28.7 Å². The Morgan fingerprint density at radius 1 is 1.04 bits per heavy atom. The summed E-state index contributed by atoms with van der Waals surface area (Å²) in [5.41, 5.74) is 0.804. The van der Waals surface area contributed by atoms with Crippen molar-refractivity contribution in [1.82, 2.24) is 5.32 Å². The van der Waals surface area contributed by atoms with Crippen LogP contribution in [0.15, 0.2) is 28.7 Å². The first kappa shape index (κ1) is 19.0. The number of nitrogens with one attached hydrogen (secondary N) is 2. The Bertz CT molecular complexity index is 554. The number of halogens is 1. The Kier molecular flexibility index (Phi) is 7.76. The number of carbonyl (C=O) groups excluding carboxylic acids is 2. The van der Waals surface area contributed by atoms with Gasteiger partial charge in [0.2, 0.25) is 11.8 Å². The molecule has 0 aliphatic heterocycles. The Labute approximate surface area is 152 Å². The summed E-state index contributed by atoms with van der Waals surface area (Å²) in [6, 6.07) is 7.62. The molecule has 132 valence electrons. The number of rotatable bonds is 7. The minimum absolute atomic E-state index is 0.00116. The highest BCUT2D eigenvalue weighted by Gasteiger charge is 2.29. The molecule has 1 aliphatic carbocycles. The highest BCUT2D eigenvalue weighted by atomic mass is 79.9. The molecule has 2 N–H and O–H groups in total. The molecule has 24 heavy (non-hydrogen) atoms. The van der Waals surface area contributed by atoms with Crippen molar-refractivity contribution in [3.63, 3.8) is 0 Å². The van der Waals surface area contributed by atoms with Gasteiger partial charge in [-0.1, -0.05) is 31.9 Å². The summed E-state index contributed by atoms with van der Waals surface area (Å²) in [5.74, 6) is 0.292. The van der Waals surface area contributed by atoms with Crippen LogP contribution in [0.3, 0.4) is 0 Å². The molecule has 5 heteroatoms. The van der Waals surface area contributed by atoms with Gasteiger partial charge in [0.15, 0.2) is 0 Å². The third-order valence-corrected chi connectivity index (χ3v) is 5.37. The van der Waals surface area contributed by atoms with Crippen LogP contribution in [-0.4, -0.2) is 18.4 Å². The van der Waals surface area contributed by atoms with Gasteiger partial charge in [0.25, 0.3) is 0 Å². The predicted molar refractivity (Wildman–Crippen MR) is 101 cm³/mol. The van der Waals surface area contributed by atoms with Crippen molar-refractivity contribution in [2.24, 2.45) is 11.8 Å². The van der Waals surface area contributed by atoms with E-state index in [1.807, 2.05) is 24.3 Å². The fourth-order valence-electron chi connectivity index (χ4n) is 3.15. The lowest BCUT2D eigenvalue weighted by atomic mass is 9.81. The third-order valence-electron chi connectivity index (χ3n) is 4.68. The number of anilines is 1. The molecule has 1 aromatic rings. The summed E-state index contributed by atoms with van der Waals surface area (Å²) in [5, 5.41) is 6.02. The zero-order chi connectivity index (χ0) is 17.4. The van der Waals surface area contributed by atoms with Gasteiger partial charge in [0.1, 0.15) is 0 Å². The quantitative estimate of drug-likeness (QED) is 0.668. The molecule has 0 heterocycles. The topological polar surface area (TPSA) is 58.2 Å². The second-order valence-corrected chi connectivity index (χ2v) is 7.37. The zero-order valence-electron chi connectivity index (χ0n) is 14.3. The van der Waals surface area contributed by atoms with Gasteiger partial charge >= 0.3 is 0 Å². The average molecular weight is 395 g/mol. The van der Waals surface area contributed by atoms with E-state index in [0.717, 1.165) is 61.7 Å². The summed E-state index contributed by atoms with van der Waals surface area (Å²) < 4.78 is 0.887. The molecule has 0 atom stereocenters. The maximum atomic E-state index is 12.4. The van der Waals surface area contributed by atoms with Gasteiger partial charge in [-0.2, -0.15) is 0 Å². The average Bonchev–Trinajstić information content (AvgIpc) is 2.60. The lowest BCUT2D eigenvalue weighted by Gasteiger charge is -2.27. The van der Waals surface area contributed by atoms with Crippen molar-refractivity contribution in [1.29, 1.82) is 0 Å². The first-order chi connectivity index (χ1) is 11.6. The molecule has 2 amide bonds. The molecule has 1 fully saturated rings. The van der Waals surface area contributed by atoms with E-state index in [0.29, 0.717) is 0 Å². The maximum Gasteiger partial charge on any atom is 0.227 e. The van der Waals surface area contributed by atoms with Crippen molar-refractivity contribution >= 4 is 33.4 Å². The van der Waals surface area contributed by atoms with Crippen LogP contribution in [0, 0.1) is 11.8 Å². The fraction of sp³-hybridized carbons (Fsp3) is 0.579. The Balaban J connectivity index is 1.75. The van der Waals surface area contributed by atoms with Gasteiger partial charge in [-0.3, -0.25) is 9.59 Å². The molecule has 1 aromatic carbocycles. The highest BCUT2D eigenvalue weighted by Crippen LogP contribution is 2.30. The molecule has 0 bridgehead atoms. The number of para-hydroxylation sites is 1. The van der Waals surface area contributed by atoms with Gasteiger partial charge in [0, 0.05) is 22.9 Å². The molecule has 4 nitrogen and oxygen atoms in total. The Morgan fingerprint density at radius 2 is 1.67 bits per heavy atom. The van der Waals surface area contributed by atoms with Crippen molar-refractivity contribution in [2.45, 2.75) is 51.9 Å². The van der Waals surface area contributed by atoms with Gasteiger partial charge in [-0.05, 0) is 60.2 Å². The molecule has 2 rings (SSSR count). The normalized spacial score (nSPS) is 20.4. The van der Waals surface area contributed by atoms with Crippen LogP contribution >= 0.6 is 15.9 Å². The lowest BCUT2D eigenvalue weighted by molar-refractivity contribution is -0.128. The monoisotopic (exact) mass is 394 g/mol. The first-order valence-corrected chi connectivity index (χ1v) is 9.74. The van der Waals surface area contributed by atoms with Gasteiger partial charge in [-0.25, -0.2) is 0 Å². The van der Waals surface area contributed by atoms with Gasteiger partial charge in [-0.15, -0.1) is 0 Å². The molecular formula is C19H27BrN2O2. The number of hydrogen-bond acceptors (Lipinski definition) is 2. The first-order valence-electron chi connectivity index (χ1n) is 8.95.